The summed E-state index contributed by atoms with van der Waals surface area (Å²) in [6.07, 6.45) is 6.63. The van der Waals surface area contributed by atoms with E-state index in [1.54, 1.807) is 0 Å². The van der Waals surface area contributed by atoms with Gasteiger partial charge in [0.15, 0.2) is 0 Å². The number of aliphatic hydroxyl groups excluding tert-OH is 1. The van der Waals surface area contributed by atoms with Gasteiger partial charge in [0.05, 0.1) is 14.9 Å². The topological polar surface area (TPSA) is 20.2 Å². The molecule has 0 spiro atoms. The second-order valence-corrected chi connectivity index (χ2v) is 6.80. The molecule has 4 heteroatoms. The Labute approximate surface area is 115 Å². The van der Waals surface area contributed by atoms with Crippen molar-refractivity contribution in [3.63, 3.8) is 0 Å². The van der Waals surface area contributed by atoms with Gasteiger partial charge in [-0.2, -0.15) is 0 Å². The van der Waals surface area contributed by atoms with Crippen molar-refractivity contribution in [1.29, 1.82) is 0 Å². The van der Waals surface area contributed by atoms with Crippen molar-refractivity contribution < 1.29 is 5.11 Å². The number of aliphatic hydroxyl groups is 1. The summed E-state index contributed by atoms with van der Waals surface area (Å²) in [6.45, 7) is 2.21. The lowest BCUT2D eigenvalue weighted by Crippen LogP contribution is -1.94. The third-order valence-corrected chi connectivity index (χ3v) is 5.15. The molecule has 1 atom stereocenters. The number of thiophene rings is 1. The molecule has 1 aromatic rings. The summed E-state index contributed by atoms with van der Waals surface area (Å²) in [4.78, 5) is 0.965. The maximum atomic E-state index is 9.95. The van der Waals surface area contributed by atoms with Gasteiger partial charge in [-0.05, 0) is 28.4 Å². The van der Waals surface area contributed by atoms with Gasteiger partial charge in [0.1, 0.15) is 0 Å². The van der Waals surface area contributed by atoms with Gasteiger partial charge in [0.25, 0.3) is 0 Å². The first-order valence-corrected chi connectivity index (χ1v) is 7.76. The SMILES string of the molecule is CCCCCCCC(O)c1cc(Cl)c(Br)s1. The lowest BCUT2D eigenvalue weighted by atomic mass is 10.1. The zero-order chi connectivity index (χ0) is 12.0. The summed E-state index contributed by atoms with van der Waals surface area (Å²) in [5.74, 6) is 0. The van der Waals surface area contributed by atoms with Gasteiger partial charge < -0.3 is 5.11 Å². The highest BCUT2D eigenvalue weighted by Gasteiger charge is 2.12. The fourth-order valence-electron chi connectivity index (χ4n) is 1.61. The molecule has 92 valence electrons. The van der Waals surface area contributed by atoms with Crippen molar-refractivity contribution in [2.75, 3.05) is 0 Å². The summed E-state index contributed by atoms with van der Waals surface area (Å²) in [5, 5.41) is 10.6. The van der Waals surface area contributed by atoms with Gasteiger partial charge in [0.2, 0.25) is 0 Å². The van der Waals surface area contributed by atoms with E-state index < -0.39 is 0 Å². The molecule has 1 unspecified atom stereocenters. The first kappa shape index (κ1) is 14.5. The fraction of sp³-hybridized carbons (Fsp3) is 0.667. The average Bonchev–Trinajstić information content (AvgIpc) is 2.59. The van der Waals surface area contributed by atoms with Crippen LogP contribution in [0, 0.1) is 0 Å². The zero-order valence-electron chi connectivity index (χ0n) is 9.51. The molecule has 0 aromatic carbocycles. The van der Waals surface area contributed by atoms with E-state index in [-0.39, 0.29) is 6.10 Å². The summed E-state index contributed by atoms with van der Waals surface area (Å²) >= 11 is 10.8. The molecule has 0 amide bonds. The van der Waals surface area contributed by atoms with Gasteiger partial charge in [-0.15, -0.1) is 11.3 Å². The van der Waals surface area contributed by atoms with E-state index in [4.69, 9.17) is 11.6 Å². The molecule has 0 radical (unpaired) electrons. The average molecular weight is 326 g/mol. The highest BCUT2D eigenvalue weighted by atomic mass is 79.9. The van der Waals surface area contributed by atoms with Crippen molar-refractivity contribution in [1.82, 2.24) is 0 Å². The van der Waals surface area contributed by atoms with Crippen LogP contribution in [0.3, 0.4) is 0 Å². The van der Waals surface area contributed by atoms with Crippen LogP contribution in [-0.2, 0) is 0 Å². The Balaban J connectivity index is 2.27. The number of unbranched alkanes of at least 4 members (excludes halogenated alkanes) is 4. The van der Waals surface area contributed by atoms with Gasteiger partial charge >= 0.3 is 0 Å². The lowest BCUT2D eigenvalue weighted by Gasteiger charge is -2.07. The van der Waals surface area contributed by atoms with Crippen LogP contribution in [0.15, 0.2) is 9.85 Å². The molecule has 0 aliphatic rings. The molecular weight excluding hydrogens is 308 g/mol. The summed E-state index contributed by atoms with van der Waals surface area (Å²) in [6, 6.07) is 1.85. The van der Waals surface area contributed by atoms with Gasteiger partial charge in [-0.3, -0.25) is 0 Å². The van der Waals surface area contributed by atoms with E-state index in [1.807, 2.05) is 6.07 Å². The predicted molar refractivity (Wildman–Crippen MR) is 75.4 cm³/mol. The van der Waals surface area contributed by atoms with E-state index >= 15 is 0 Å². The largest absolute Gasteiger partial charge is 0.388 e. The standard InChI is InChI=1S/C12H18BrClOS/c1-2-3-4-5-6-7-10(15)11-8-9(14)12(13)16-11/h8,10,15H,2-7H2,1H3. The molecule has 0 bridgehead atoms. The van der Waals surface area contributed by atoms with Crippen LogP contribution >= 0.6 is 38.9 Å². The van der Waals surface area contributed by atoms with Gasteiger partial charge in [-0.1, -0.05) is 50.6 Å². The summed E-state index contributed by atoms with van der Waals surface area (Å²) in [5.41, 5.74) is 0. The third-order valence-electron chi connectivity index (χ3n) is 2.57. The summed E-state index contributed by atoms with van der Waals surface area (Å²) < 4.78 is 0.911. The number of rotatable bonds is 7. The molecule has 1 heterocycles. The Morgan fingerprint density at radius 2 is 2.06 bits per heavy atom. The van der Waals surface area contributed by atoms with E-state index in [0.29, 0.717) is 5.02 Å². The first-order chi connectivity index (χ1) is 7.65. The minimum Gasteiger partial charge on any atom is -0.388 e. The molecule has 1 aromatic heterocycles. The van der Waals surface area contributed by atoms with Crippen LogP contribution in [0.25, 0.3) is 0 Å². The van der Waals surface area contributed by atoms with Crippen molar-refractivity contribution in [3.05, 3.63) is 19.8 Å². The molecular formula is C12H18BrClOS. The lowest BCUT2D eigenvalue weighted by molar-refractivity contribution is 0.167. The fourth-order valence-corrected chi connectivity index (χ4v) is 3.38. The molecule has 0 saturated carbocycles. The maximum Gasteiger partial charge on any atom is 0.0888 e. The Morgan fingerprint density at radius 3 is 2.62 bits per heavy atom. The summed E-state index contributed by atoms with van der Waals surface area (Å²) in [7, 11) is 0. The third kappa shape index (κ3) is 4.74. The second kappa shape index (κ2) is 7.70. The number of hydrogen-bond donors (Lipinski definition) is 1. The Hall–Kier alpha value is 0.430. The van der Waals surface area contributed by atoms with E-state index in [9.17, 15) is 5.11 Å². The normalized spacial score (nSPS) is 13.0. The smallest absolute Gasteiger partial charge is 0.0888 e. The first-order valence-electron chi connectivity index (χ1n) is 5.78. The molecule has 0 saturated heterocycles. The molecule has 16 heavy (non-hydrogen) atoms. The highest BCUT2D eigenvalue weighted by molar-refractivity contribution is 9.11. The predicted octanol–water partition coefficient (Wildman–Crippen LogP) is 5.56. The van der Waals surface area contributed by atoms with Crippen LogP contribution in [0.5, 0.6) is 0 Å². The van der Waals surface area contributed by atoms with Crippen molar-refractivity contribution in [3.8, 4) is 0 Å². The Morgan fingerprint density at radius 1 is 1.38 bits per heavy atom. The minimum atomic E-state index is -0.351. The van der Waals surface area contributed by atoms with Crippen molar-refractivity contribution >= 4 is 38.9 Å². The molecule has 1 nitrogen and oxygen atoms in total. The van der Waals surface area contributed by atoms with Crippen LogP contribution in [0.2, 0.25) is 5.02 Å². The van der Waals surface area contributed by atoms with Crippen molar-refractivity contribution in [2.45, 2.75) is 51.6 Å². The second-order valence-electron chi connectivity index (χ2n) is 3.99. The minimum absolute atomic E-state index is 0.351. The Kier molecular flexibility index (Phi) is 6.97. The molecule has 1 N–H and O–H groups in total. The molecule has 0 aliphatic heterocycles. The van der Waals surface area contributed by atoms with Gasteiger partial charge in [0, 0.05) is 4.88 Å². The Bertz CT molecular complexity index is 294. The molecule has 0 fully saturated rings. The van der Waals surface area contributed by atoms with E-state index in [2.05, 4.69) is 22.9 Å². The highest BCUT2D eigenvalue weighted by Crippen LogP contribution is 2.36. The zero-order valence-corrected chi connectivity index (χ0v) is 12.7. The van der Waals surface area contributed by atoms with Crippen LogP contribution in [0.1, 0.15) is 56.4 Å². The van der Waals surface area contributed by atoms with E-state index in [1.165, 1.54) is 37.0 Å². The van der Waals surface area contributed by atoms with Crippen LogP contribution < -0.4 is 0 Å². The van der Waals surface area contributed by atoms with E-state index in [0.717, 1.165) is 21.5 Å². The van der Waals surface area contributed by atoms with Crippen LogP contribution in [-0.4, -0.2) is 5.11 Å². The van der Waals surface area contributed by atoms with Gasteiger partial charge in [-0.25, -0.2) is 0 Å². The number of hydrogen-bond acceptors (Lipinski definition) is 2. The number of halogens is 2. The maximum absolute atomic E-state index is 9.95. The molecule has 1 rings (SSSR count). The quantitative estimate of drug-likeness (QED) is 0.651. The van der Waals surface area contributed by atoms with Crippen LogP contribution in [0.4, 0.5) is 0 Å². The monoisotopic (exact) mass is 324 g/mol. The van der Waals surface area contributed by atoms with Crippen molar-refractivity contribution in [2.24, 2.45) is 0 Å². The molecule has 0 aliphatic carbocycles.